The Kier molecular flexibility index (Phi) is 4.70. The molecule has 2 rings (SSSR count). The summed E-state index contributed by atoms with van der Waals surface area (Å²) in [5.74, 6) is 0.0202. The molecule has 0 radical (unpaired) electrons. The first-order valence-electron chi connectivity index (χ1n) is 8.46. The summed E-state index contributed by atoms with van der Waals surface area (Å²) in [7, 11) is 0. The Balaban J connectivity index is 2.36. The maximum Gasteiger partial charge on any atom is 0.309 e. The standard InChI is InChI=1S/C20H30O2/c1-6-14(2)8-10-16-15(3)9-11-17-19(16,4)12-7-13-20(17,5)18(21)22/h6,8,16-17H,1,3,7,9-13H2,2,4-5H3,(H,21,22)/t16?,17?,19-,20-/m1/s1. The van der Waals surface area contributed by atoms with E-state index in [4.69, 9.17) is 0 Å². The van der Waals surface area contributed by atoms with Crippen LogP contribution in [-0.4, -0.2) is 11.1 Å². The van der Waals surface area contributed by atoms with Crippen LogP contribution in [0.15, 0.2) is 36.5 Å². The van der Waals surface area contributed by atoms with Crippen LogP contribution in [0.4, 0.5) is 0 Å². The zero-order valence-corrected chi connectivity index (χ0v) is 14.3. The highest BCUT2D eigenvalue weighted by atomic mass is 16.4. The van der Waals surface area contributed by atoms with Gasteiger partial charge in [-0.05, 0) is 63.2 Å². The summed E-state index contributed by atoms with van der Waals surface area (Å²) in [5.41, 5.74) is 1.97. The number of carboxylic acids is 1. The average molecular weight is 302 g/mol. The van der Waals surface area contributed by atoms with Crippen molar-refractivity contribution in [2.45, 2.75) is 59.3 Å². The third-order valence-electron chi connectivity index (χ3n) is 6.51. The highest BCUT2D eigenvalue weighted by Crippen LogP contribution is 2.61. The molecular weight excluding hydrogens is 272 g/mol. The van der Waals surface area contributed by atoms with Crippen LogP contribution in [0.1, 0.15) is 59.3 Å². The van der Waals surface area contributed by atoms with Gasteiger partial charge in [0, 0.05) is 0 Å². The number of carbonyl (C=O) groups is 1. The molecule has 0 spiro atoms. The molecule has 2 aliphatic rings. The van der Waals surface area contributed by atoms with E-state index in [9.17, 15) is 9.90 Å². The van der Waals surface area contributed by atoms with Gasteiger partial charge in [-0.25, -0.2) is 0 Å². The minimum absolute atomic E-state index is 0.0542. The summed E-state index contributed by atoms with van der Waals surface area (Å²) in [6.07, 6.45) is 9.95. The molecule has 0 aromatic rings. The third kappa shape index (κ3) is 2.68. The molecule has 4 atom stereocenters. The largest absolute Gasteiger partial charge is 0.481 e. The first-order chi connectivity index (χ1) is 10.3. The SMILES string of the molecule is C=CC(C)=CCC1C(=C)CCC2[C@]1(C)CCC[C@@]2(C)C(=O)O. The van der Waals surface area contributed by atoms with Gasteiger partial charge in [-0.15, -0.1) is 0 Å². The monoisotopic (exact) mass is 302 g/mol. The van der Waals surface area contributed by atoms with Gasteiger partial charge in [0.2, 0.25) is 0 Å². The van der Waals surface area contributed by atoms with Crippen molar-refractivity contribution in [2.75, 3.05) is 0 Å². The molecule has 0 heterocycles. The van der Waals surface area contributed by atoms with Crippen molar-refractivity contribution < 1.29 is 9.90 Å². The lowest BCUT2D eigenvalue weighted by atomic mass is 9.46. The highest BCUT2D eigenvalue weighted by molar-refractivity contribution is 5.75. The van der Waals surface area contributed by atoms with Crippen molar-refractivity contribution in [1.29, 1.82) is 0 Å². The van der Waals surface area contributed by atoms with Crippen LogP contribution in [0, 0.1) is 22.7 Å². The number of allylic oxidation sites excluding steroid dienone is 4. The predicted molar refractivity (Wildman–Crippen MR) is 91.6 cm³/mol. The van der Waals surface area contributed by atoms with Gasteiger partial charge in [-0.1, -0.05) is 49.8 Å². The zero-order chi connectivity index (χ0) is 16.5. The summed E-state index contributed by atoms with van der Waals surface area (Å²) in [6.45, 7) is 14.5. The van der Waals surface area contributed by atoms with E-state index >= 15 is 0 Å². The van der Waals surface area contributed by atoms with E-state index in [1.165, 1.54) is 11.1 Å². The lowest BCUT2D eigenvalue weighted by Gasteiger charge is -2.57. The quantitative estimate of drug-likeness (QED) is 0.559. The minimum Gasteiger partial charge on any atom is -0.481 e. The van der Waals surface area contributed by atoms with Crippen LogP contribution < -0.4 is 0 Å². The summed E-state index contributed by atoms with van der Waals surface area (Å²) in [6, 6.07) is 0. The van der Waals surface area contributed by atoms with Crippen molar-refractivity contribution in [3.05, 3.63) is 36.5 Å². The van der Waals surface area contributed by atoms with Gasteiger partial charge in [0.25, 0.3) is 0 Å². The van der Waals surface area contributed by atoms with Gasteiger partial charge in [-0.2, -0.15) is 0 Å². The molecule has 2 fully saturated rings. The highest BCUT2D eigenvalue weighted by Gasteiger charge is 2.57. The molecule has 1 N–H and O–H groups in total. The lowest BCUT2D eigenvalue weighted by molar-refractivity contribution is -0.164. The zero-order valence-electron chi connectivity index (χ0n) is 14.3. The van der Waals surface area contributed by atoms with Gasteiger partial charge in [-0.3, -0.25) is 4.79 Å². The maximum atomic E-state index is 11.9. The second-order valence-electron chi connectivity index (χ2n) is 7.77. The Bertz CT molecular complexity index is 516. The molecule has 2 nitrogen and oxygen atoms in total. The van der Waals surface area contributed by atoms with E-state index < -0.39 is 11.4 Å². The number of carboxylic acid groups (broad SMARTS) is 1. The van der Waals surface area contributed by atoms with E-state index in [1.807, 2.05) is 13.0 Å². The minimum atomic E-state index is -0.618. The summed E-state index contributed by atoms with van der Waals surface area (Å²) in [5, 5.41) is 9.81. The molecule has 122 valence electrons. The Morgan fingerprint density at radius 1 is 1.41 bits per heavy atom. The molecular formula is C20H30O2. The van der Waals surface area contributed by atoms with E-state index in [2.05, 4.69) is 33.1 Å². The first-order valence-corrected chi connectivity index (χ1v) is 8.46. The Hall–Kier alpha value is -1.31. The number of hydrogen-bond acceptors (Lipinski definition) is 1. The Morgan fingerprint density at radius 3 is 2.68 bits per heavy atom. The fourth-order valence-corrected chi connectivity index (χ4v) is 5.03. The molecule has 2 unspecified atom stereocenters. The molecule has 2 saturated carbocycles. The molecule has 0 saturated heterocycles. The van der Waals surface area contributed by atoms with Crippen LogP contribution in [-0.2, 0) is 4.79 Å². The van der Waals surface area contributed by atoms with Crippen molar-refractivity contribution in [2.24, 2.45) is 22.7 Å². The van der Waals surface area contributed by atoms with Gasteiger partial charge >= 0.3 is 5.97 Å². The number of rotatable bonds is 4. The number of aliphatic carboxylic acids is 1. The van der Waals surface area contributed by atoms with Crippen molar-refractivity contribution in [3.63, 3.8) is 0 Å². The van der Waals surface area contributed by atoms with Gasteiger partial charge in [0.1, 0.15) is 0 Å². The summed E-state index contributed by atoms with van der Waals surface area (Å²) >= 11 is 0. The third-order valence-corrected chi connectivity index (χ3v) is 6.51. The molecule has 0 aromatic carbocycles. The van der Waals surface area contributed by atoms with E-state index in [0.29, 0.717) is 5.92 Å². The second kappa shape index (κ2) is 6.06. The lowest BCUT2D eigenvalue weighted by Crippen LogP contribution is -2.53. The molecule has 0 bridgehead atoms. The fourth-order valence-electron chi connectivity index (χ4n) is 5.03. The van der Waals surface area contributed by atoms with Crippen LogP contribution in [0.3, 0.4) is 0 Å². The normalized spacial score (nSPS) is 39.2. The van der Waals surface area contributed by atoms with Crippen molar-refractivity contribution in [3.8, 4) is 0 Å². The van der Waals surface area contributed by atoms with Gasteiger partial charge < -0.3 is 5.11 Å². The molecule has 2 heteroatoms. The molecule has 0 aromatic heterocycles. The molecule has 0 aliphatic heterocycles. The van der Waals surface area contributed by atoms with Crippen LogP contribution in [0.2, 0.25) is 0 Å². The van der Waals surface area contributed by atoms with E-state index in [-0.39, 0.29) is 11.3 Å². The van der Waals surface area contributed by atoms with Crippen molar-refractivity contribution in [1.82, 2.24) is 0 Å². The maximum absolute atomic E-state index is 11.9. The second-order valence-corrected chi connectivity index (χ2v) is 7.77. The number of hydrogen-bond donors (Lipinski definition) is 1. The van der Waals surface area contributed by atoms with Gasteiger partial charge in [0.15, 0.2) is 0 Å². The fraction of sp³-hybridized carbons (Fsp3) is 0.650. The summed E-state index contributed by atoms with van der Waals surface area (Å²) in [4.78, 5) is 11.9. The smallest absolute Gasteiger partial charge is 0.309 e. The predicted octanol–water partition coefficient (Wildman–Crippen LogP) is 5.37. The Morgan fingerprint density at radius 2 is 2.09 bits per heavy atom. The molecule has 0 amide bonds. The van der Waals surface area contributed by atoms with Crippen LogP contribution >= 0.6 is 0 Å². The Labute approximate surface area is 135 Å². The first kappa shape index (κ1) is 17.1. The topological polar surface area (TPSA) is 37.3 Å². The molecule has 2 aliphatic carbocycles. The summed E-state index contributed by atoms with van der Waals surface area (Å²) < 4.78 is 0. The van der Waals surface area contributed by atoms with Crippen LogP contribution in [0.25, 0.3) is 0 Å². The average Bonchev–Trinajstić information content (AvgIpc) is 2.45. The van der Waals surface area contributed by atoms with Crippen LogP contribution in [0.5, 0.6) is 0 Å². The van der Waals surface area contributed by atoms with Gasteiger partial charge in [0.05, 0.1) is 5.41 Å². The number of fused-ring (bicyclic) bond motifs is 1. The van der Waals surface area contributed by atoms with E-state index in [0.717, 1.165) is 38.5 Å². The van der Waals surface area contributed by atoms with Crippen molar-refractivity contribution >= 4 is 5.97 Å². The van der Waals surface area contributed by atoms with E-state index in [1.54, 1.807) is 0 Å². The molecule has 22 heavy (non-hydrogen) atoms.